The Labute approximate surface area is 128 Å². The van der Waals surface area contributed by atoms with Crippen LogP contribution in [0.15, 0.2) is 23.7 Å². The maximum Gasteiger partial charge on any atom is 0.328 e. The van der Waals surface area contributed by atoms with Crippen LogP contribution in [-0.2, 0) is 9.53 Å². The van der Waals surface area contributed by atoms with E-state index in [1.165, 1.54) is 22.4 Å². The molecule has 21 heavy (non-hydrogen) atoms. The molecule has 1 aliphatic rings. The van der Waals surface area contributed by atoms with Crippen molar-refractivity contribution in [3.8, 4) is 9.88 Å². The van der Waals surface area contributed by atoms with Crippen molar-refractivity contribution >= 4 is 34.6 Å². The first-order valence-electron chi connectivity index (χ1n) is 6.28. The lowest BCUT2D eigenvalue weighted by Crippen LogP contribution is -2.52. The fourth-order valence-corrected chi connectivity index (χ4v) is 3.76. The van der Waals surface area contributed by atoms with Crippen LogP contribution in [0.3, 0.4) is 0 Å². The molecule has 0 aromatic carbocycles. The average Bonchev–Trinajstić information content (AvgIpc) is 3.17. The molecule has 0 saturated carbocycles. The van der Waals surface area contributed by atoms with Gasteiger partial charge in [0.25, 0.3) is 5.91 Å². The molecule has 1 fully saturated rings. The number of nitrogens with zero attached hydrogens (tertiary/aromatic N) is 2. The van der Waals surface area contributed by atoms with Gasteiger partial charge in [-0.15, -0.1) is 22.7 Å². The zero-order valence-corrected chi connectivity index (χ0v) is 12.5. The Hall–Kier alpha value is -1.77. The molecule has 2 aromatic rings. The van der Waals surface area contributed by atoms with E-state index in [0.717, 1.165) is 9.88 Å². The van der Waals surface area contributed by atoms with Gasteiger partial charge in [-0.05, 0) is 11.4 Å². The zero-order chi connectivity index (χ0) is 14.8. The number of rotatable bonds is 3. The van der Waals surface area contributed by atoms with Crippen LogP contribution in [0.25, 0.3) is 9.88 Å². The number of hydrogen-bond acceptors (Lipinski definition) is 6. The van der Waals surface area contributed by atoms with E-state index in [1.807, 2.05) is 17.5 Å². The van der Waals surface area contributed by atoms with Gasteiger partial charge in [0, 0.05) is 6.54 Å². The van der Waals surface area contributed by atoms with Gasteiger partial charge in [-0.1, -0.05) is 6.07 Å². The van der Waals surface area contributed by atoms with Gasteiger partial charge in [-0.25, -0.2) is 9.78 Å². The van der Waals surface area contributed by atoms with E-state index in [-0.39, 0.29) is 19.1 Å². The number of carbonyl (C=O) groups is 2. The molecule has 1 amide bonds. The van der Waals surface area contributed by atoms with Crippen LogP contribution in [0, 0.1) is 0 Å². The molecule has 1 aliphatic heterocycles. The standard InChI is InChI=1S/C13H12N2O4S2/c16-12(15-3-4-19-7-8(15)13(17)18)10-6-14-11(21-10)9-2-1-5-20-9/h1-2,5-6,8H,3-4,7H2,(H,17,18)/t8-/m1/s1. The van der Waals surface area contributed by atoms with Crippen LogP contribution in [-0.4, -0.2) is 52.7 Å². The van der Waals surface area contributed by atoms with Crippen LogP contribution >= 0.6 is 22.7 Å². The normalized spacial score (nSPS) is 18.7. The third-order valence-electron chi connectivity index (χ3n) is 3.12. The lowest BCUT2D eigenvalue weighted by molar-refractivity contribution is -0.147. The van der Waals surface area contributed by atoms with Crippen LogP contribution in [0.5, 0.6) is 0 Å². The molecule has 3 rings (SSSR count). The molecule has 0 spiro atoms. The summed E-state index contributed by atoms with van der Waals surface area (Å²) in [6.45, 7) is 0.659. The monoisotopic (exact) mass is 324 g/mol. The summed E-state index contributed by atoms with van der Waals surface area (Å²) < 4.78 is 5.14. The number of morpholine rings is 1. The molecule has 8 heteroatoms. The summed E-state index contributed by atoms with van der Waals surface area (Å²) in [5.74, 6) is -1.35. The maximum absolute atomic E-state index is 12.5. The summed E-state index contributed by atoms with van der Waals surface area (Å²) in [6.07, 6.45) is 1.51. The zero-order valence-electron chi connectivity index (χ0n) is 10.9. The Kier molecular flexibility index (Phi) is 4.00. The second kappa shape index (κ2) is 5.92. The number of carbonyl (C=O) groups excluding carboxylic acids is 1. The van der Waals surface area contributed by atoms with E-state index in [9.17, 15) is 14.7 Å². The number of thiophene rings is 1. The molecule has 0 aliphatic carbocycles. The third-order valence-corrected chi connectivity index (χ3v) is 5.15. The highest BCUT2D eigenvalue weighted by Gasteiger charge is 2.34. The van der Waals surface area contributed by atoms with Gasteiger partial charge in [0.05, 0.1) is 24.3 Å². The van der Waals surface area contributed by atoms with Crippen LogP contribution in [0.4, 0.5) is 0 Å². The van der Waals surface area contributed by atoms with Crippen molar-refractivity contribution in [2.75, 3.05) is 19.8 Å². The molecular weight excluding hydrogens is 312 g/mol. The maximum atomic E-state index is 12.5. The van der Waals surface area contributed by atoms with Gasteiger partial charge >= 0.3 is 5.97 Å². The van der Waals surface area contributed by atoms with Crippen molar-refractivity contribution in [2.45, 2.75) is 6.04 Å². The summed E-state index contributed by atoms with van der Waals surface area (Å²) in [5.41, 5.74) is 0. The van der Waals surface area contributed by atoms with Crippen molar-refractivity contribution in [1.29, 1.82) is 0 Å². The molecule has 0 radical (unpaired) electrons. The van der Waals surface area contributed by atoms with Gasteiger partial charge in [0.2, 0.25) is 0 Å². The highest BCUT2D eigenvalue weighted by Crippen LogP contribution is 2.29. The Bertz CT molecular complexity index is 653. The molecular formula is C13H12N2O4S2. The highest BCUT2D eigenvalue weighted by molar-refractivity contribution is 7.21. The third kappa shape index (κ3) is 2.82. The van der Waals surface area contributed by atoms with E-state index in [4.69, 9.17) is 4.74 Å². The summed E-state index contributed by atoms with van der Waals surface area (Å²) >= 11 is 2.83. The van der Waals surface area contributed by atoms with Crippen molar-refractivity contribution in [2.24, 2.45) is 0 Å². The van der Waals surface area contributed by atoms with E-state index in [1.54, 1.807) is 11.3 Å². The topological polar surface area (TPSA) is 79.7 Å². The molecule has 1 N–H and O–H groups in total. The fraction of sp³-hybridized carbons (Fsp3) is 0.308. The number of hydrogen-bond donors (Lipinski definition) is 1. The minimum absolute atomic E-state index is 0.0255. The Morgan fingerprint density at radius 2 is 2.33 bits per heavy atom. The highest BCUT2D eigenvalue weighted by atomic mass is 32.1. The number of aromatic nitrogens is 1. The lowest BCUT2D eigenvalue weighted by atomic mass is 10.2. The van der Waals surface area contributed by atoms with Crippen molar-refractivity contribution in [3.63, 3.8) is 0 Å². The predicted octanol–water partition coefficient (Wildman–Crippen LogP) is 1.80. The molecule has 0 unspecified atom stereocenters. The lowest BCUT2D eigenvalue weighted by Gasteiger charge is -2.32. The molecule has 0 bridgehead atoms. The van der Waals surface area contributed by atoms with Crippen LogP contribution in [0.1, 0.15) is 9.67 Å². The molecule has 1 atom stereocenters. The molecule has 1 saturated heterocycles. The molecule has 6 nitrogen and oxygen atoms in total. The van der Waals surface area contributed by atoms with Crippen LogP contribution < -0.4 is 0 Å². The first kappa shape index (κ1) is 14.2. The van der Waals surface area contributed by atoms with Gasteiger partial charge in [-0.3, -0.25) is 4.79 Å². The van der Waals surface area contributed by atoms with Crippen molar-refractivity contribution < 1.29 is 19.4 Å². The first-order valence-corrected chi connectivity index (χ1v) is 7.97. The number of carboxylic acid groups (broad SMARTS) is 1. The van der Waals surface area contributed by atoms with E-state index >= 15 is 0 Å². The predicted molar refractivity (Wildman–Crippen MR) is 78.7 cm³/mol. The van der Waals surface area contributed by atoms with Crippen molar-refractivity contribution in [1.82, 2.24) is 9.88 Å². The number of amides is 1. The Balaban J connectivity index is 1.83. The second-order valence-corrected chi connectivity index (χ2v) is 6.41. The number of thiazole rings is 1. The van der Waals surface area contributed by atoms with Crippen LogP contribution in [0.2, 0.25) is 0 Å². The van der Waals surface area contributed by atoms with Crippen molar-refractivity contribution in [3.05, 3.63) is 28.6 Å². The SMILES string of the molecule is O=C(O)[C@H]1COCCN1C(=O)c1cnc(-c2cccs2)s1. The minimum atomic E-state index is -1.05. The van der Waals surface area contributed by atoms with Gasteiger partial charge in [0.1, 0.15) is 9.88 Å². The number of ether oxygens (including phenoxy) is 1. The second-order valence-electron chi connectivity index (χ2n) is 4.43. The average molecular weight is 324 g/mol. The summed E-state index contributed by atoms with van der Waals surface area (Å²) in [6, 6.07) is 2.93. The van der Waals surface area contributed by atoms with E-state index in [2.05, 4.69) is 4.98 Å². The molecule has 3 heterocycles. The fourth-order valence-electron chi connectivity index (χ4n) is 2.08. The number of carboxylic acids is 1. The summed E-state index contributed by atoms with van der Waals surface area (Å²) in [4.78, 5) is 30.7. The number of aliphatic carboxylic acids is 1. The smallest absolute Gasteiger partial charge is 0.328 e. The van der Waals surface area contributed by atoms with Gasteiger partial charge in [-0.2, -0.15) is 0 Å². The largest absolute Gasteiger partial charge is 0.480 e. The van der Waals surface area contributed by atoms with E-state index in [0.29, 0.717) is 11.5 Å². The van der Waals surface area contributed by atoms with Gasteiger partial charge < -0.3 is 14.7 Å². The molecule has 110 valence electrons. The molecule has 2 aromatic heterocycles. The Morgan fingerprint density at radius 1 is 1.48 bits per heavy atom. The Morgan fingerprint density at radius 3 is 3.05 bits per heavy atom. The first-order chi connectivity index (χ1) is 10.2. The summed E-state index contributed by atoms with van der Waals surface area (Å²) in [5, 5.41) is 11.9. The quantitative estimate of drug-likeness (QED) is 0.931. The van der Waals surface area contributed by atoms with Gasteiger partial charge in [0.15, 0.2) is 6.04 Å². The summed E-state index contributed by atoms with van der Waals surface area (Å²) in [7, 11) is 0. The van der Waals surface area contributed by atoms with E-state index < -0.39 is 12.0 Å². The minimum Gasteiger partial charge on any atom is -0.480 e.